The molecule has 118 valence electrons. The molecule has 7 nitrogen and oxygen atoms in total. The van der Waals surface area contributed by atoms with Gasteiger partial charge in [-0.1, -0.05) is 0 Å². The van der Waals surface area contributed by atoms with E-state index in [0.717, 1.165) is 5.39 Å². The molecule has 0 atom stereocenters. The maximum atomic E-state index is 12.8. The van der Waals surface area contributed by atoms with E-state index in [2.05, 4.69) is 15.3 Å². The van der Waals surface area contributed by atoms with Crippen LogP contribution in [0.5, 0.6) is 0 Å². The Labute approximate surface area is 128 Å². The molecule has 0 saturated carbocycles. The Hall–Kier alpha value is -1.99. The maximum absolute atomic E-state index is 12.8. The van der Waals surface area contributed by atoms with Crippen LogP contribution in [0.4, 0.5) is 5.82 Å². The summed E-state index contributed by atoms with van der Waals surface area (Å²) in [4.78, 5) is 21.3. The number of anilines is 1. The summed E-state index contributed by atoms with van der Waals surface area (Å²) in [5, 5.41) is 3.86. The quantitative estimate of drug-likeness (QED) is 0.912. The molecule has 0 aromatic carbocycles. The smallest absolute Gasteiger partial charge is 0.258 e. The maximum Gasteiger partial charge on any atom is 0.258 e. The SMILES string of the molecule is CNc1ncnc2c1cc(C1(OC)CCOCC1)c(=O)n2C. The zero-order valence-electron chi connectivity index (χ0n) is 13.0. The third-order valence-corrected chi connectivity index (χ3v) is 4.42. The van der Waals surface area contributed by atoms with Crippen LogP contribution in [0.3, 0.4) is 0 Å². The van der Waals surface area contributed by atoms with Crippen molar-refractivity contribution >= 4 is 16.9 Å². The molecule has 1 N–H and O–H groups in total. The summed E-state index contributed by atoms with van der Waals surface area (Å²) in [5.74, 6) is 0.695. The molecule has 1 aliphatic heterocycles. The van der Waals surface area contributed by atoms with Crippen LogP contribution in [0, 0.1) is 0 Å². The van der Waals surface area contributed by atoms with Gasteiger partial charge in [-0.15, -0.1) is 0 Å². The van der Waals surface area contributed by atoms with Gasteiger partial charge in [-0.25, -0.2) is 9.97 Å². The Bertz CT molecular complexity index is 750. The molecule has 22 heavy (non-hydrogen) atoms. The molecule has 3 rings (SSSR count). The van der Waals surface area contributed by atoms with Gasteiger partial charge in [-0.3, -0.25) is 9.36 Å². The Balaban J connectivity index is 2.30. The van der Waals surface area contributed by atoms with Gasteiger partial charge in [-0.05, 0) is 6.07 Å². The summed E-state index contributed by atoms with van der Waals surface area (Å²) >= 11 is 0. The molecule has 3 heterocycles. The van der Waals surface area contributed by atoms with Gasteiger partial charge in [0.15, 0.2) is 0 Å². The zero-order chi connectivity index (χ0) is 15.7. The predicted octanol–water partition coefficient (Wildman–Crippen LogP) is 1.02. The van der Waals surface area contributed by atoms with Crippen molar-refractivity contribution in [3.63, 3.8) is 0 Å². The molecule has 1 fully saturated rings. The molecular formula is C15H20N4O3. The molecule has 0 aliphatic carbocycles. The van der Waals surface area contributed by atoms with E-state index in [1.807, 2.05) is 6.07 Å². The number of aryl methyl sites for hydroxylation is 1. The highest BCUT2D eigenvalue weighted by molar-refractivity contribution is 5.87. The number of methoxy groups -OCH3 is 1. The second kappa shape index (κ2) is 5.66. The fraction of sp³-hybridized carbons (Fsp3) is 0.533. The summed E-state index contributed by atoms with van der Waals surface area (Å²) < 4.78 is 12.8. The Morgan fingerprint density at radius 2 is 2.09 bits per heavy atom. The van der Waals surface area contributed by atoms with E-state index >= 15 is 0 Å². The third kappa shape index (κ3) is 2.17. The first-order valence-electron chi connectivity index (χ1n) is 7.29. The van der Waals surface area contributed by atoms with Gasteiger partial charge in [-0.2, -0.15) is 0 Å². The summed E-state index contributed by atoms with van der Waals surface area (Å²) in [6.45, 7) is 1.17. The highest BCUT2D eigenvalue weighted by atomic mass is 16.5. The minimum Gasteiger partial charge on any atom is -0.381 e. The first kappa shape index (κ1) is 14.9. The molecule has 2 aromatic heterocycles. The van der Waals surface area contributed by atoms with Crippen molar-refractivity contribution in [3.05, 3.63) is 28.3 Å². The van der Waals surface area contributed by atoms with Gasteiger partial charge in [0.25, 0.3) is 5.56 Å². The molecule has 0 spiro atoms. The third-order valence-electron chi connectivity index (χ3n) is 4.42. The second-order valence-electron chi connectivity index (χ2n) is 5.44. The van der Waals surface area contributed by atoms with Crippen LogP contribution in [0.1, 0.15) is 18.4 Å². The van der Waals surface area contributed by atoms with Crippen molar-refractivity contribution in [3.8, 4) is 0 Å². The lowest BCUT2D eigenvalue weighted by Gasteiger charge is -2.36. The second-order valence-corrected chi connectivity index (χ2v) is 5.44. The van der Waals surface area contributed by atoms with Crippen molar-refractivity contribution in [2.75, 3.05) is 32.7 Å². The Morgan fingerprint density at radius 1 is 1.36 bits per heavy atom. The predicted molar refractivity (Wildman–Crippen MR) is 83.1 cm³/mol. The molecule has 0 radical (unpaired) electrons. The minimum atomic E-state index is -0.609. The fourth-order valence-corrected chi connectivity index (χ4v) is 3.08. The number of pyridine rings is 1. The summed E-state index contributed by atoms with van der Waals surface area (Å²) in [6, 6.07) is 1.86. The summed E-state index contributed by atoms with van der Waals surface area (Å²) in [5.41, 5.74) is 0.547. The van der Waals surface area contributed by atoms with Crippen LogP contribution >= 0.6 is 0 Å². The molecule has 0 bridgehead atoms. The molecule has 7 heteroatoms. The van der Waals surface area contributed by atoms with Crippen LogP contribution in [0.15, 0.2) is 17.2 Å². The van der Waals surface area contributed by atoms with Crippen LogP contribution in [0.2, 0.25) is 0 Å². The van der Waals surface area contributed by atoms with Crippen molar-refractivity contribution in [2.45, 2.75) is 18.4 Å². The topological polar surface area (TPSA) is 78.3 Å². The number of nitrogens with zero attached hydrogens (tertiary/aromatic N) is 3. The van der Waals surface area contributed by atoms with Crippen molar-refractivity contribution in [1.29, 1.82) is 0 Å². The van der Waals surface area contributed by atoms with Crippen LogP contribution < -0.4 is 10.9 Å². The number of nitrogens with one attached hydrogen (secondary N) is 1. The number of hydrogen-bond acceptors (Lipinski definition) is 6. The lowest BCUT2D eigenvalue weighted by molar-refractivity contribution is -0.0956. The molecular weight excluding hydrogens is 284 g/mol. The van der Waals surface area contributed by atoms with E-state index in [1.165, 1.54) is 6.33 Å². The van der Waals surface area contributed by atoms with E-state index in [0.29, 0.717) is 43.1 Å². The lowest BCUT2D eigenvalue weighted by Crippen LogP contribution is -2.41. The summed E-state index contributed by atoms with van der Waals surface area (Å²) in [7, 11) is 5.17. The van der Waals surface area contributed by atoms with Gasteiger partial charge in [0.1, 0.15) is 23.4 Å². The van der Waals surface area contributed by atoms with Gasteiger partial charge >= 0.3 is 0 Å². The van der Waals surface area contributed by atoms with Crippen LogP contribution in [-0.2, 0) is 22.1 Å². The highest BCUT2D eigenvalue weighted by Crippen LogP contribution is 2.35. The average molecular weight is 304 g/mol. The van der Waals surface area contributed by atoms with Crippen molar-refractivity contribution in [2.24, 2.45) is 7.05 Å². The standard InChI is InChI=1S/C15H20N4O3/c1-16-12-10-8-11(15(21-3)4-6-22-7-5-15)14(20)19(2)13(10)18-9-17-12/h8-9H,4-7H2,1-3H3,(H,16,17,18). The van der Waals surface area contributed by atoms with E-state index in [1.54, 1.807) is 25.8 Å². The molecule has 0 unspecified atom stereocenters. The number of ether oxygens (including phenoxy) is 2. The first-order valence-corrected chi connectivity index (χ1v) is 7.29. The van der Waals surface area contributed by atoms with Gasteiger partial charge in [0, 0.05) is 47.3 Å². The fourth-order valence-electron chi connectivity index (χ4n) is 3.08. The average Bonchev–Trinajstić information content (AvgIpc) is 2.58. The number of rotatable bonds is 3. The van der Waals surface area contributed by atoms with Crippen molar-refractivity contribution < 1.29 is 9.47 Å². The minimum absolute atomic E-state index is 0.0861. The molecule has 1 aliphatic rings. The highest BCUT2D eigenvalue weighted by Gasteiger charge is 2.37. The van der Waals surface area contributed by atoms with E-state index in [9.17, 15) is 4.79 Å². The Kier molecular flexibility index (Phi) is 3.84. The number of fused-ring (bicyclic) bond motifs is 1. The van der Waals surface area contributed by atoms with E-state index in [4.69, 9.17) is 9.47 Å². The lowest BCUT2D eigenvalue weighted by atomic mass is 9.86. The largest absolute Gasteiger partial charge is 0.381 e. The van der Waals surface area contributed by atoms with Crippen LogP contribution in [-0.4, -0.2) is 41.9 Å². The molecule has 1 saturated heterocycles. The number of aromatic nitrogens is 3. The molecule has 2 aromatic rings. The normalized spacial score (nSPS) is 17.6. The van der Waals surface area contributed by atoms with Crippen molar-refractivity contribution in [1.82, 2.24) is 14.5 Å². The van der Waals surface area contributed by atoms with E-state index in [-0.39, 0.29) is 5.56 Å². The van der Waals surface area contributed by atoms with Gasteiger partial charge < -0.3 is 14.8 Å². The zero-order valence-corrected chi connectivity index (χ0v) is 13.0. The number of hydrogen-bond donors (Lipinski definition) is 1. The Morgan fingerprint density at radius 3 is 2.73 bits per heavy atom. The first-order chi connectivity index (χ1) is 10.6. The van der Waals surface area contributed by atoms with Gasteiger partial charge in [0.2, 0.25) is 0 Å². The molecule has 0 amide bonds. The van der Waals surface area contributed by atoms with Gasteiger partial charge in [0.05, 0.1) is 10.9 Å². The van der Waals surface area contributed by atoms with E-state index < -0.39 is 5.60 Å². The summed E-state index contributed by atoms with van der Waals surface area (Å²) in [6.07, 6.45) is 2.77. The van der Waals surface area contributed by atoms with Crippen LogP contribution in [0.25, 0.3) is 11.0 Å². The monoisotopic (exact) mass is 304 g/mol.